The number of benzene rings is 1. The van der Waals surface area contributed by atoms with E-state index in [-0.39, 0.29) is 5.82 Å². The Hall–Kier alpha value is -1.79. The van der Waals surface area contributed by atoms with Gasteiger partial charge in [0, 0.05) is 18.1 Å². The van der Waals surface area contributed by atoms with Crippen molar-refractivity contribution >= 4 is 17.4 Å². The molecule has 0 aliphatic carbocycles. The topological polar surface area (TPSA) is 36.4 Å². The highest BCUT2D eigenvalue weighted by atomic mass is 35.5. The lowest BCUT2D eigenvalue weighted by atomic mass is 9.84. The van der Waals surface area contributed by atoms with Crippen molar-refractivity contribution in [3.8, 4) is 0 Å². The van der Waals surface area contributed by atoms with Crippen LogP contribution in [0.4, 0.5) is 19.0 Å². The molecule has 0 unspecified atom stereocenters. The number of aromatic nitrogens is 1. The van der Waals surface area contributed by atoms with Crippen molar-refractivity contribution in [1.82, 2.24) is 4.98 Å². The van der Waals surface area contributed by atoms with Gasteiger partial charge in [0.2, 0.25) is 0 Å². The SMILES string of the molecule is OC1(c2ccc(Cl)cc2)CCN(c2cccc(C(F)(F)F)n2)CC1. The van der Waals surface area contributed by atoms with Crippen LogP contribution < -0.4 is 4.90 Å². The average Bonchev–Trinajstić information content (AvgIpc) is 2.55. The van der Waals surface area contributed by atoms with E-state index in [0.717, 1.165) is 11.6 Å². The lowest BCUT2D eigenvalue weighted by Gasteiger charge is -2.39. The molecular formula is C17H16ClF3N2O. The first-order chi connectivity index (χ1) is 11.3. The maximum absolute atomic E-state index is 12.8. The zero-order valence-corrected chi connectivity index (χ0v) is 13.5. The molecule has 1 saturated heterocycles. The minimum absolute atomic E-state index is 0.281. The van der Waals surface area contributed by atoms with E-state index >= 15 is 0 Å². The van der Waals surface area contributed by atoms with Crippen molar-refractivity contribution in [2.45, 2.75) is 24.6 Å². The van der Waals surface area contributed by atoms with Gasteiger partial charge in [-0.2, -0.15) is 13.2 Å². The van der Waals surface area contributed by atoms with E-state index in [1.54, 1.807) is 35.2 Å². The number of aliphatic hydroxyl groups is 1. The number of halogens is 4. The fourth-order valence-corrected chi connectivity index (χ4v) is 3.04. The van der Waals surface area contributed by atoms with Gasteiger partial charge in [0.05, 0.1) is 5.60 Å². The Morgan fingerprint density at radius 2 is 1.67 bits per heavy atom. The third-order valence-corrected chi connectivity index (χ3v) is 4.57. The van der Waals surface area contributed by atoms with Gasteiger partial charge in [-0.15, -0.1) is 0 Å². The van der Waals surface area contributed by atoms with Crippen molar-refractivity contribution in [2.24, 2.45) is 0 Å². The van der Waals surface area contributed by atoms with E-state index < -0.39 is 17.5 Å². The van der Waals surface area contributed by atoms with Crippen LogP contribution >= 0.6 is 11.6 Å². The number of nitrogens with zero attached hydrogens (tertiary/aromatic N) is 2. The molecule has 1 aromatic carbocycles. The van der Waals surface area contributed by atoms with Gasteiger partial charge in [0.25, 0.3) is 0 Å². The number of rotatable bonds is 2. The summed E-state index contributed by atoms with van der Waals surface area (Å²) >= 11 is 5.86. The van der Waals surface area contributed by atoms with Gasteiger partial charge < -0.3 is 10.0 Å². The predicted octanol–water partition coefficient (Wildman–Crippen LogP) is 4.24. The molecule has 2 aromatic rings. The second-order valence-corrected chi connectivity index (χ2v) is 6.34. The molecule has 1 aromatic heterocycles. The van der Waals surface area contributed by atoms with Gasteiger partial charge in [0.1, 0.15) is 11.5 Å². The second kappa shape index (κ2) is 6.26. The third-order valence-electron chi connectivity index (χ3n) is 4.32. The summed E-state index contributed by atoms with van der Waals surface area (Å²) in [5.41, 5.74) is -1.13. The van der Waals surface area contributed by atoms with Crippen LogP contribution in [0.1, 0.15) is 24.1 Å². The summed E-state index contributed by atoms with van der Waals surface area (Å²) in [6, 6.07) is 10.9. The van der Waals surface area contributed by atoms with E-state index in [4.69, 9.17) is 11.6 Å². The van der Waals surface area contributed by atoms with Crippen molar-refractivity contribution in [2.75, 3.05) is 18.0 Å². The summed E-state index contributed by atoms with van der Waals surface area (Å²) in [7, 11) is 0. The quantitative estimate of drug-likeness (QED) is 0.874. The molecule has 0 saturated carbocycles. The Morgan fingerprint density at radius 3 is 2.25 bits per heavy atom. The lowest BCUT2D eigenvalue weighted by Crippen LogP contribution is -2.43. The van der Waals surface area contributed by atoms with E-state index in [0.29, 0.717) is 31.0 Å². The van der Waals surface area contributed by atoms with Crippen molar-refractivity contribution in [3.05, 3.63) is 58.7 Å². The molecule has 7 heteroatoms. The van der Waals surface area contributed by atoms with Crippen molar-refractivity contribution < 1.29 is 18.3 Å². The maximum atomic E-state index is 12.8. The van der Waals surface area contributed by atoms with Gasteiger partial charge in [-0.25, -0.2) is 4.98 Å². The van der Waals surface area contributed by atoms with Crippen molar-refractivity contribution in [1.29, 1.82) is 0 Å². The van der Waals surface area contributed by atoms with Crippen LogP contribution in [0.15, 0.2) is 42.5 Å². The zero-order chi connectivity index (χ0) is 17.4. The molecule has 0 amide bonds. The van der Waals surface area contributed by atoms with Gasteiger partial charge in [-0.1, -0.05) is 29.8 Å². The fraction of sp³-hybridized carbons (Fsp3) is 0.353. The Bertz CT molecular complexity index is 711. The molecule has 0 bridgehead atoms. The minimum atomic E-state index is -4.46. The second-order valence-electron chi connectivity index (χ2n) is 5.90. The molecule has 1 fully saturated rings. The summed E-state index contributed by atoms with van der Waals surface area (Å²) in [6.45, 7) is 0.848. The highest BCUT2D eigenvalue weighted by Gasteiger charge is 2.36. The Balaban J connectivity index is 1.74. The number of hydrogen-bond acceptors (Lipinski definition) is 3. The van der Waals surface area contributed by atoms with Gasteiger partial charge in [-0.05, 0) is 42.7 Å². The molecule has 3 rings (SSSR count). The molecule has 1 aliphatic rings. The normalized spacial score (nSPS) is 17.8. The predicted molar refractivity (Wildman–Crippen MR) is 86.0 cm³/mol. The fourth-order valence-electron chi connectivity index (χ4n) is 2.91. The molecule has 2 heterocycles. The molecular weight excluding hydrogens is 341 g/mol. The third kappa shape index (κ3) is 3.49. The van der Waals surface area contributed by atoms with Crippen molar-refractivity contribution in [3.63, 3.8) is 0 Å². The molecule has 1 N–H and O–H groups in total. The Labute approximate surface area is 142 Å². The Morgan fingerprint density at radius 1 is 1.04 bits per heavy atom. The number of hydrogen-bond donors (Lipinski definition) is 1. The smallest absolute Gasteiger partial charge is 0.385 e. The molecule has 0 radical (unpaired) electrons. The summed E-state index contributed by atoms with van der Waals surface area (Å²) in [5, 5.41) is 11.4. The highest BCUT2D eigenvalue weighted by Crippen LogP contribution is 2.35. The molecule has 3 nitrogen and oxygen atoms in total. The van der Waals surface area contributed by atoms with Crippen LogP contribution in [0.25, 0.3) is 0 Å². The van der Waals surface area contributed by atoms with Gasteiger partial charge >= 0.3 is 6.18 Å². The van der Waals surface area contributed by atoms with E-state index in [9.17, 15) is 18.3 Å². The summed E-state index contributed by atoms with van der Waals surface area (Å²) in [5.74, 6) is 0.281. The maximum Gasteiger partial charge on any atom is 0.433 e. The summed E-state index contributed by atoms with van der Waals surface area (Å²) in [6.07, 6.45) is -3.64. The number of anilines is 1. The average molecular weight is 357 g/mol. The van der Waals surface area contributed by atoms with Crippen LogP contribution in [-0.4, -0.2) is 23.2 Å². The van der Waals surface area contributed by atoms with Crippen LogP contribution in [0.2, 0.25) is 5.02 Å². The number of alkyl halides is 3. The summed E-state index contributed by atoms with van der Waals surface area (Å²) < 4.78 is 38.3. The van der Waals surface area contributed by atoms with Crippen LogP contribution in [0.3, 0.4) is 0 Å². The number of piperidine rings is 1. The summed E-state index contributed by atoms with van der Waals surface area (Å²) in [4.78, 5) is 5.47. The van der Waals surface area contributed by atoms with Crippen LogP contribution in [-0.2, 0) is 11.8 Å². The van der Waals surface area contributed by atoms with E-state index in [1.165, 1.54) is 6.07 Å². The first-order valence-electron chi connectivity index (χ1n) is 7.56. The lowest BCUT2D eigenvalue weighted by molar-refractivity contribution is -0.141. The number of pyridine rings is 1. The molecule has 128 valence electrons. The van der Waals surface area contributed by atoms with E-state index in [2.05, 4.69) is 4.98 Å². The molecule has 24 heavy (non-hydrogen) atoms. The highest BCUT2D eigenvalue weighted by molar-refractivity contribution is 6.30. The Kier molecular flexibility index (Phi) is 4.44. The molecule has 0 spiro atoms. The van der Waals surface area contributed by atoms with E-state index in [1.807, 2.05) is 0 Å². The molecule has 0 atom stereocenters. The van der Waals surface area contributed by atoms with Crippen LogP contribution in [0, 0.1) is 0 Å². The first kappa shape index (κ1) is 17.0. The van der Waals surface area contributed by atoms with Gasteiger partial charge in [-0.3, -0.25) is 0 Å². The minimum Gasteiger partial charge on any atom is -0.385 e. The zero-order valence-electron chi connectivity index (χ0n) is 12.7. The van der Waals surface area contributed by atoms with Crippen LogP contribution in [0.5, 0.6) is 0 Å². The first-order valence-corrected chi connectivity index (χ1v) is 7.93. The molecule has 1 aliphatic heterocycles. The largest absolute Gasteiger partial charge is 0.433 e. The standard InChI is InChI=1S/C17H16ClF3N2O/c18-13-6-4-12(5-7-13)16(24)8-10-23(11-9-16)15-3-1-2-14(22-15)17(19,20)21/h1-7,24H,8-11H2. The van der Waals surface area contributed by atoms with Gasteiger partial charge in [0.15, 0.2) is 0 Å². The monoisotopic (exact) mass is 356 g/mol.